The fourth-order valence-electron chi connectivity index (χ4n) is 1.88. The Kier molecular flexibility index (Phi) is 5.03. The van der Waals surface area contributed by atoms with Crippen LogP contribution in [0.4, 0.5) is 5.69 Å². The van der Waals surface area contributed by atoms with Crippen LogP contribution < -0.4 is 10.6 Å². The second-order valence-electron chi connectivity index (χ2n) is 6.08. The molecule has 0 aliphatic heterocycles. The molecule has 0 aliphatic rings. The second-order valence-corrected chi connectivity index (χ2v) is 6.49. The predicted molar refractivity (Wildman–Crippen MR) is 90.2 cm³/mol. The average molecular weight is 318 g/mol. The molecule has 1 aromatic carbocycles. The standard InChI is InChI=1S/C17H20ClN3O/c1-17(2,3)21-16(22)15-9-8-13(11-20-15)19-10-12-6-4-5-7-14(12)18/h4-9,11,19H,10H2,1-3H3,(H,21,22). The lowest BCUT2D eigenvalue weighted by molar-refractivity contribution is 0.0914. The summed E-state index contributed by atoms with van der Waals surface area (Å²) in [6.07, 6.45) is 1.65. The molecule has 4 nitrogen and oxygen atoms in total. The minimum atomic E-state index is -0.278. The van der Waals surface area contributed by atoms with E-state index < -0.39 is 0 Å². The van der Waals surface area contributed by atoms with Crippen molar-refractivity contribution in [2.24, 2.45) is 0 Å². The van der Waals surface area contributed by atoms with Crippen LogP contribution in [0.5, 0.6) is 0 Å². The number of halogens is 1. The summed E-state index contributed by atoms with van der Waals surface area (Å²) in [5, 5.41) is 6.84. The van der Waals surface area contributed by atoms with Crippen LogP contribution in [0.3, 0.4) is 0 Å². The number of rotatable bonds is 4. The zero-order valence-electron chi connectivity index (χ0n) is 13.0. The Bertz CT molecular complexity index is 648. The van der Waals surface area contributed by atoms with Crippen molar-refractivity contribution < 1.29 is 4.79 Å². The van der Waals surface area contributed by atoms with E-state index in [1.165, 1.54) is 0 Å². The third kappa shape index (κ3) is 4.74. The molecule has 1 heterocycles. The summed E-state index contributed by atoms with van der Waals surface area (Å²) in [7, 11) is 0. The molecule has 0 radical (unpaired) electrons. The first-order chi connectivity index (χ1) is 10.3. The Morgan fingerprint density at radius 1 is 1.18 bits per heavy atom. The molecule has 0 fully saturated rings. The molecule has 0 unspecified atom stereocenters. The van der Waals surface area contributed by atoms with E-state index in [-0.39, 0.29) is 11.4 Å². The molecule has 5 heteroatoms. The minimum absolute atomic E-state index is 0.176. The van der Waals surface area contributed by atoms with Crippen molar-refractivity contribution in [2.45, 2.75) is 32.9 Å². The summed E-state index contributed by atoms with van der Waals surface area (Å²) in [6, 6.07) is 11.2. The Hall–Kier alpha value is -2.07. The molecular weight excluding hydrogens is 298 g/mol. The first-order valence-electron chi connectivity index (χ1n) is 7.11. The normalized spacial score (nSPS) is 11.1. The summed E-state index contributed by atoms with van der Waals surface area (Å²) in [4.78, 5) is 16.2. The summed E-state index contributed by atoms with van der Waals surface area (Å²) in [5.41, 5.74) is 1.98. The van der Waals surface area contributed by atoms with Crippen molar-refractivity contribution in [1.82, 2.24) is 10.3 Å². The molecule has 0 aliphatic carbocycles. The lowest BCUT2D eigenvalue weighted by atomic mass is 10.1. The molecule has 2 N–H and O–H groups in total. The fraction of sp³-hybridized carbons (Fsp3) is 0.294. The van der Waals surface area contributed by atoms with E-state index in [0.29, 0.717) is 12.2 Å². The van der Waals surface area contributed by atoms with Gasteiger partial charge in [-0.15, -0.1) is 0 Å². The molecule has 2 aromatic rings. The van der Waals surface area contributed by atoms with Gasteiger partial charge in [0.05, 0.1) is 11.9 Å². The smallest absolute Gasteiger partial charge is 0.270 e. The van der Waals surface area contributed by atoms with Gasteiger partial charge in [0.2, 0.25) is 0 Å². The Morgan fingerprint density at radius 2 is 1.91 bits per heavy atom. The van der Waals surface area contributed by atoms with Gasteiger partial charge in [-0.05, 0) is 44.5 Å². The van der Waals surface area contributed by atoms with Crippen LogP contribution in [0.15, 0.2) is 42.6 Å². The van der Waals surface area contributed by atoms with Crippen molar-refractivity contribution in [3.05, 3.63) is 58.9 Å². The van der Waals surface area contributed by atoms with Crippen molar-refractivity contribution in [3.8, 4) is 0 Å². The van der Waals surface area contributed by atoms with Gasteiger partial charge in [0.25, 0.3) is 5.91 Å². The van der Waals surface area contributed by atoms with E-state index in [9.17, 15) is 4.79 Å². The Balaban J connectivity index is 1.98. The fourth-order valence-corrected chi connectivity index (χ4v) is 2.08. The molecule has 1 amide bonds. The van der Waals surface area contributed by atoms with Gasteiger partial charge < -0.3 is 10.6 Å². The highest BCUT2D eigenvalue weighted by molar-refractivity contribution is 6.31. The largest absolute Gasteiger partial charge is 0.380 e. The summed E-state index contributed by atoms with van der Waals surface area (Å²) in [5.74, 6) is -0.176. The van der Waals surface area contributed by atoms with Gasteiger partial charge in [-0.1, -0.05) is 29.8 Å². The van der Waals surface area contributed by atoms with Crippen LogP contribution >= 0.6 is 11.6 Å². The third-order valence-electron chi connectivity index (χ3n) is 2.93. The Labute approximate surface area is 135 Å². The van der Waals surface area contributed by atoms with Crippen LogP contribution in [0, 0.1) is 0 Å². The van der Waals surface area contributed by atoms with Gasteiger partial charge in [-0.3, -0.25) is 4.79 Å². The van der Waals surface area contributed by atoms with Crippen LogP contribution in [-0.2, 0) is 6.54 Å². The van der Waals surface area contributed by atoms with Crippen LogP contribution in [0.2, 0.25) is 5.02 Å². The predicted octanol–water partition coefficient (Wildman–Crippen LogP) is 3.88. The summed E-state index contributed by atoms with van der Waals surface area (Å²) >= 11 is 6.11. The van der Waals surface area contributed by atoms with E-state index >= 15 is 0 Å². The monoisotopic (exact) mass is 317 g/mol. The maximum absolute atomic E-state index is 12.0. The van der Waals surface area contributed by atoms with Gasteiger partial charge in [0.1, 0.15) is 5.69 Å². The van der Waals surface area contributed by atoms with Crippen molar-refractivity contribution >= 4 is 23.2 Å². The van der Waals surface area contributed by atoms with Gasteiger partial charge >= 0.3 is 0 Å². The minimum Gasteiger partial charge on any atom is -0.380 e. The van der Waals surface area contributed by atoms with Crippen molar-refractivity contribution in [1.29, 1.82) is 0 Å². The number of aromatic nitrogens is 1. The molecule has 0 atom stereocenters. The number of benzene rings is 1. The van der Waals surface area contributed by atoms with Gasteiger partial charge in [0.15, 0.2) is 0 Å². The summed E-state index contributed by atoms with van der Waals surface area (Å²) in [6.45, 7) is 6.41. The SMILES string of the molecule is CC(C)(C)NC(=O)c1ccc(NCc2ccccc2Cl)cn1. The van der Waals surface area contributed by atoms with Crippen LogP contribution in [-0.4, -0.2) is 16.4 Å². The van der Waals surface area contributed by atoms with Crippen LogP contribution in [0.1, 0.15) is 36.8 Å². The molecule has 0 spiro atoms. The number of carbonyl (C=O) groups is 1. The number of nitrogens with zero attached hydrogens (tertiary/aromatic N) is 1. The van der Waals surface area contributed by atoms with Crippen molar-refractivity contribution in [2.75, 3.05) is 5.32 Å². The van der Waals surface area contributed by atoms with E-state index in [0.717, 1.165) is 16.3 Å². The second kappa shape index (κ2) is 6.79. The molecule has 0 saturated heterocycles. The quantitative estimate of drug-likeness (QED) is 0.900. The number of hydrogen-bond acceptors (Lipinski definition) is 3. The molecule has 116 valence electrons. The van der Waals surface area contributed by atoms with Crippen molar-refractivity contribution in [3.63, 3.8) is 0 Å². The number of anilines is 1. The zero-order valence-corrected chi connectivity index (χ0v) is 13.7. The molecule has 1 aromatic heterocycles. The number of amides is 1. The number of nitrogens with one attached hydrogen (secondary N) is 2. The molecule has 0 saturated carbocycles. The topological polar surface area (TPSA) is 54.0 Å². The molecule has 22 heavy (non-hydrogen) atoms. The van der Waals surface area contributed by atoms with Crippen LogP contribution in [0.25, 0.3) is 0 Å². The molecule has 0 bridgehead atoms. The van der Waals surface area contributed by atoms with E-state index in [1.807, 2.05) is 51.1 Å². The molecular formula is C17H20ClN3O. The lowest BCUT2D eigenvalue weighted by Gasteiger charge is -2.20. The maximum Gasteiger partial charge on any atom is 0.270 e. The first kappa shape index (κ1) is 16.3. The zero-order chi connectivity index (χ0) is 16.2. The van der Waals surface area contributed by atoms with Gasteiger partial charge in [0, 0.05) is 17.1 Å². The highest BCUT2D eigenvalue weighted by atomic mass is 35.5. The highest BCUT2D eigenvalue weighted by Crippen LogP contribution is 2.16. The number of pyridine rings is 1. The average Bonchev–Trinajstić information content (AvgIpc) is 2.45. The summed E-state index contributed by atoms with van der Waals surface area (Å²) < 4.78 is 0. The number of carbonyl (C=O) groups excluding carboxylic acids is 1. The van der Waals surface area contributed by atoms with Gasteiger partial charge in [-0.2, -0.15) is 0 Å². The van der Waals surface area contributed by atoms with Gasteiger partial charge in [-0.25, -0.2) is 4.98 Å². The first-order valence-corrected chi connectivity index (χ1v) is 7.49. The lowest BCUT2D eigenvalue weighted by Crippen LogP contribution is -2.40. The highest BCUT2D eigenvalue weighted by Gasteiger charge is 2.15. The molecule has 2 rings (SSSR count). The Morgan fingerprint density at radius 3 is 2.50 bits per heavy atom. The van der Waals surface area contributed by atoms with E-state index in [4.69, 9.17) is 11.6 Å². The van der Waals surface area contributed by atoms with E-state index in [2.05, 4.69) is 15.6 Å². The van der Waals surface area contributed by atoms with E-state index in [1.54, 1.807) is 12.3 Å². The third-order valence-corrected chi connectivity index (χ3v) is 3.29. The number of hydrogen-bond donors (Lipinski definition) is 2. The maximum atomic E-state index is 12.0.